The van der Waals surface area contributed by atoms with Gasteiger partial charge in [0.25, 0.3) is 5.91 Å². The van der Waals surface area contributed by atoms with Crippen LogP contribution in [0.25, 0.3) is 0 Å². The molecule has 0 aliphatic carbocycles. The Kier molecular flexibility index (Phi) is 4.68. The molecule has 2 fully saturated rings. The van der Waals surface area contributed by atoms with Crippen molar-refractivity contribution < 1.29 is 14.4 Å². The molecule has 2 aliphatic heterocycles. The molecule has 3 aromatic rings. The molecule has 2 aliphatic rings. The Morgan fingerprint density at radius 2 is 1.47 bits per heavy atom. The van der Waals surface area contributed by atoms with E-state index in [0.717, 1.165) is 21.3 Å². The quantitative estimate of drug-likeness (QED) is 0.524. The van der Waals surface area contributed by atoms with Crippen LogP contribution in [-0.4, -0.2) is 17.9 Å². The number of amides is 2. The maximum atomic E-state index is 13.5. The number of hydrogen-bond donors (Lipinski definition) is 0. The number of hydroxylamine groups is 1. The van der Waals surface area contributed by atoms with Gasteiger partial charge in [0.05, 0.1) is 17.4 Å². The summed E-state index contributed by atoms with van der Waals surface area (Å²) in [7, 11) is 0. The molecule has 0 saturated carbocycles. The number of imide groups is 1. The zero-order valence-corrected chi connectivity index (χ0v) is 17.8. The van der Waals surface area contributed by atoms with Crippen molar-refractivity contribution in [1.29, 1.82) is 0 Å². The lowest BCUT2D eigenvalue weighted by Crippen LogP contribution is -2.37. The maximum Gasteiger partial charge on any atom is 0.266 e. The van der Waals surface area contributed by atoms with Crippen molar-refractivity contribution >= 4 is 39.1 Å². The van der Waals surface area contributed by atoms with Crippen molar-refractivity contribution in [2.45, 2.75) is 19.1 Å². The fourth-order valence-corrected chi connectivity index (χ4v) is 4.42. The standard InChI is InChI=1S/C24H19BrN2O3/c1-15-7-13-18(14-8-15)26-23(28)20-21(16-9-11-17(25)12-10-16)27(30-22(20)24(26)29)19-5-3-2-4-6-19/h2-14,20-22H,1H3/t20-,21-,22-/m1/s1. The van der Waals surface area contributed by atoms with Gasteiger partial charge in [-0.2, -0.15) is 0 Å². The topological polar surface area (TPSA) is 49.9 Å². The Balaban J connectivity index is 1.58. The fourth-order valence-electron chi connectivity index (χ4n) is 4.16. The van der Waals surface area contributed by atoms with Crippen LogP contribution in [0.3, 0.4) is 0 Å². The molecule has 6 heteroatoms. The molecule has 2 saturated heterocycles. The minimum Gasteiger partial charge on any atom is -0.273 e. The molecular weight excluding hydrogens is 444 g/mol. The van der Waals surface area contributed by atoms with Crippen molar-refractivity contribution in [2.24, 2.45) is 5.92 Å². The maximum absolute atomic E-state index is 13.5. The van der Waals surface area contributed by atoms with Gasteiger partial charge in [-0.3, -0.25) is 14.4 Å². The highest BCUT2D eigenvalue weighted by Gasteiger charge is 2.60. The van der Waals surface area contributed by atoms with Gasteiger partial charge >= 0.3 is 0 Å². The lowest BCUT2D eigenvalue weighted by Gasteiger charge is -2.28. The molecule has 3 aromatic carbocycles. The van der Waals surface area contributed by atoms with Crippen LogP contribution in [0.5, 0.6) is 0 Å². The van der Waals surface area contributed by atoms with Gasteiger partial charge in [0.1, 0.15) is 5.92 Å². The number of carbonyl (C=O) groups excluding carboxylic acids is 2. The Hall–Kier alpha value is -2.96. The summed E-state index contributed by atoms with van der Waals surface area (Å²) in [6, 6.07) is 24.4. The van der Waals surface area contributed by atoms with Crippen LogP contribution in [-0.2, 0) is 14.4 Å². The third-order valence-electron chi connectivity index (χ3n) is 5.63. The average Bonchev–Trinajstić information content (AvgIpc) is 3.27. The van der Waals surface area contributed by atoms with Gasteiger partial charge in [0, 0.05) is 4.47 Å². The Morgan fingerprint density at radius 3 is 2.13 bits per heavy atom. The average molecular weight is 463 g/mol. The third-order valence-corrected chi connectivity index (χ3v) is 6.16. The molecule has 30 heavy (non-hydrogen) atoms. The summed E-state index contributed by atoms with van der Waals surface area (Å²) in [5.41, 5.74) is 3.37. The first-order valence-electron chi connectivity index (χ1n) is 9.75. The summed E-state index contributed by atoms with van der Waals surface area (Å²) in [6.45, 7) is 1.97. The molecule has 2 amide bonds. The number of hydrogen-bond acceptors (Lipinski definition) is 4. The third kappa shape index (κ3) is 3.04. The highest BCUT2D eigenvalue weighted by molar-refractivity contribution is 9.10. The number of rotatable bonds is 3. The number of anilines is 2. The van der Waals surface area contributed by atoms with Crippen molar-refractivity contribution in [2.75, 3.05) is 9.96 Å². The molecule has 0 radical (unpaired) electrons. The number of carbonyl (C=O) groups is 2. The van der Waals surface area contributed by atoms with Crippen LogP contribution >= 0.6 is 15.9 Å². The van der Waals surface area contributed by atoms with E-state index in [0.29, 0.717) is 5.69 Å². The van der Waals surface area contributed by atoms with E-state index >= 15 is 0 Å². The smallest absolute Gasteiger partial charge is 0.266 e. The number of benzene rings is 3. The van der Waals surface area contributed by atoms with Crippen LogP contribution in [0, 0.1) is 12.8 Å². The van der Waals surface area contributed by atoms with E-state index in [-0.39, 0.29) is 11.8 Å². The Bertz CT molecular complexity index is 1100. The van der Waals surface area contributed by atoms with Crippen molar-refractivity contribution in [3.63, 3.8) is 0 Å². The summed E-state index contributed by atoms with van der Waals surface area (Å²) in [4.78, 5) is 34.1. The SMILES string of the molecule is Cc1ccc(N2C(=O)[C@@H]3[C@@H](c4ccc(Br)cc4)N(c4ccccc4)O[C@H]3C2=O)cc1. The van der Waals surface area contributed by atoms with Crippen LogP contribution in [0.15, 0.2) is 83.3 Å². The van der Waals surface area contributed by atoms with Gasteiger partial charge in [-0.05, 0) is 48.9 Å². The molecule has 0 bridgehead atoms. The summed E-state index contributed by atoms with van der Waals surface area (Å²) in [5.74, 6) is -1.19. The minimum absolute atomic E-state index is 0.236. The first-order valence-corrected chi connectivity index (χ1v) is 10.5. The van der Waals surface area contributed by atoms with Gasteiger partial charge in [0.2, 0.25) is 5.91 Å². The van der Waals surface area contributed by atoms with E-state index < -0.39 is 18.1 Å². The normalized spacial score (nSPS) is 23.2. The highest BCUT2D eigenvalue weighted by atomic mass is 79.9. The van der Waals surface area contributed by atoms with Crippen LogP contribution in [0.1, 0.15) is 17.2 Å². The van der Waals surface area contributed by atoms with E-state index in [1.165, 1.54) is 4.90 Å². The van der Waals surface area contributed by atoms with Gasteiger partial charge in [-0.1, -0.05) is 64.0 Å². The second-order valence-corrected chi connectivity index (χ2v) is 8.47. The second kappa shape index (κ2) is 7.38. The molecule has 3 atom stereocenters. The van der Waals surface area contributed by atoms with E-state index in [4.69, 9.17) is 4.84 Å². The molecule has 5 rings (SSSR count). The lowest BCUT2D eigenvalue weighted by atomic mass is 9.90. The molecule has 0 spiro atoms. The zero-order chi connectivity index (χ0) is 20.8. The molecular formula is C24H19BrN2O3. The largest absolute Gasteiger partial charge is 0.273 e. The Morgan fingerprint density at radius 1 is 0.800 bits per heavy atom. The predicted octanol–water partition coefficient (Wildman–Crippen LogP) is 4.81. The molecule has 0 N–H and O–H groups in total. The molecule has 5 nitrogen and oxygen atoms in total. The molecule has 150 valence electrons. The molecule has 2 heterocycles. The van der Waals surface area contributed by atoms with E-state index in [1.54, 1.807) is 17.2 Å². The molecule has 0 aromatic heterocycles. The fraction of sp³-hybridized carbons (Fsp3) is 0.167. The van der Waals surface area contributed by atoms with Gasteiger partial charge in [0.15, 0.2) is 6.10 Å². The number of halogens is 1. The number of nitrogens with zero attached hydrogens (tertiary/aromatic N) is 2. The summed E-state index contributed by atoms with van der Waals surface area (Å²) < 4.78 is 0.947. The minimum atomic E-state index is -0.854. The predicted molar refractivity (Wildman–Crippen MR) is 118 cm³/mol. The van der Waals surface area contributed by atoms with Crippen molar-refractivity contribution in [3.05, 3.63) is 94.5 Å². The van der Waals surface area contributed by atoms with Gasteiger partial charge in [-0.15, -0.1) is 0 Å². The van der Waals surface area contributed by atoms with Crippen LogP contribution < -0.4 is 9.96 Å². The molecule has 0 unspecified atom stereocenters. The number of aryl methyl sites for hydroxylation is 1. The van der Waals surface area contributed by atoms with Crippen LogP contribution in [0.2, 0.25) is 0 Å². The monoisotopic (exact) mass is 462 g/mol. The van der Waals surface area contributed by atoms with E-state index in [9.17, 15) is 9.59 Å². The number of fused-ring (bicyclic) bond motifs is 1. The van der Waals surface area contributed by atoms with E-state index in [1.807, 2.05) is 73.7 Å². The van der Waals surface area contributed by atoms with Crippen molar-refractivity contribution in [1.82, 2.24) is 0 Å². The van der Waals surface area contributed by atoms with Gasteiger partial charge < -0.3 is 0 Å². The lowest BCUT2D eigenvalue weighted by molar-refractivity contribution is -0.126. The second-order valence-electron chi connectivity index (χ2n) is 7.56. The van der Waals surface area contributed by atoms with Crippen molar-refractivity contribution in [3.8, 4) is 0 Å². The highest BCUT2D eigenvalue weighted by Crippen LogP contribution is 2.47. The first kappa shape index (κ1) is 19.0. The van der Waals surface area contributed by atoms with E-state index in [2.05, 4.69) is 15.9 Å². The Labute approximate surface area is 183 Å². The summed E-state index contributed by atoms with van der Waals surface area (Å²) in [5, 5.41) is 1.71. The summed E-state index contributed by atoms with van der Waals surface area (Å²) >= 11 is 3.46. The summed E-state index contributed by atoms with van der Waals surface area (Å²) in [6.07, 6.45) is -0.854. The van der Waals surface area contributed by atoms with Crippen LogP contribution in [0.4, 0.5) is 11.4 Å². The zero-order valence-electron chi connectivity index (χ0n) is 16.2. The van der Waals surface area contributed by atoms with Gasteiger partial charge in [-0.25, -0.2) is 9.96 Å². The first-order chi connectivity index (χ1) is 14.5. The number of para-hydroxylation sites is 1.